The number of amides is 2. The van der Waals surface area contributed by atoms with Crippen molar-refractivity contribution >= 4 is 23.5 Å². The number of hydrogen-bond acceptors (Lipinski definition) is 3. The zero-order chi connectivity index (χ0) is 14.9. The predicted molar refractivity (Wildman–Crippen MR) is 88.7 cm³/mol. The maximum Gasteiger partial charge on any atom is 0.319 e. The molecule has 112 valence electrons. The molecular weight excluding hydrogens is 284 g/mol. The number of urea groups is 1. The molecule has 0 radical (unpaired) electrons. The van der Waals surface area contributed by atoms with Gasteiger partial charge in [0.15, 0.2) is 0 Å². The number of aromatic nitrogens is 2. The molecule has 5 nitrogen and oxygen atoms in total. The summed E-state index contributed by atoms with van der Waals surface area (Å²) in [5.41, 5.74) is 2.68. The first kappa shape index (κ1) is 15.4. The Balaban J connectivity index is 1.82. The van der Waals surface area contributed by atoms with Crippen molar-refractivity contribution in [3.8, 4) is 11.3 Å². The lowest BCUT2D eigenvalue weighted by atomic mass is 10.1. The summed E-state index contributed by atoms with van der Waals surface area (Å²) in [7, 11) is 0. The fourth-order valence-electron chi connectivity index (χ4n) is 1.84. The molecule has 3 N–H and O–H groups in total. The third-order valence-corrected chi connectivity index (χ3v) is 4.00. The van der Waals surface area contributed by atoms with E-state index < -0.39 is 0 Å². The fraction of sp³-hybridized carbons (Fsp3) is 0.333. The van der Waals surface area contributed by atoms with Gasteiger partial charge in [0.2, 0.25) is 0 Å². The molecule has 0 saturated carbocycles. The molecule has 0 aliphatic rings. The van der Waals surface area contributed by atoms with Gasteiger partial charge in [0.1, 0.15) is 0 Å². The maximum absolute atomic E-state index is 11.8. The first-order valence-electron chi connectivity index (χ1n) is 7.02. The van der Waals surface area contributed by atoms with Gasteiger partial charge in [-0.2, -0.15) is 16.9 Å². The number of nitrogens with one attached hydrogen (secondary N) is 3. The molecule has 0 aliphatic carbocycles. The van der Waals surface area contributed by atoms with Gasteiger partial charge in [-0.1, -0.05) is 19.1 Å². The highest BCUT2D eigenvalue weighted by molar-refractivity contribution is 7.99. The Morgan fingerprint density at radius 3 is 3.00 bits per heavy atom. The van der Waals surface area contributed by atoms with E-state index in [1.165, 1.54) is 0 Å². The molecule has 2 aromatic rings. The average Bonchev–Trinajstić information content (AvgIpc) is 3.01. The normalized spacial score (nSPS) is 10.3. The molecule has 1 aromatic heterocycles. The van der Waals surface area contributed by atoms with Crippen LogP contribution in [0.1, 0.15) is 13.3 Å². The summed E-state index contributed by atoms with van der Waals surface area (Å²) in [6, 6.07) is 9.38. The van der Waals surface area contributed by atoms with Crippen molar-refractivity contribution in [3.05, 3.63) is 36.5 Å². The van der Waals surface area contributed by atoms with Crippen LogP contribution in [0.2, 0.25) is 0 Å². The molecule has 0 fully saturated rings. The van der Waals surface area contributed by atoms with Crippen LogP contribution in [-0.4, -0.2) is 34.3 Å². The molecule has 0 aliphatic heterocycles. The second kappa shape index (κ2) is 8.36. The number of carbonyl (C=O) groups is 1. The van der Waals surface area contributed by atoms with Crippen LogP contribution < -0.4 is 10.6 Å². The van der Waals surface area contributed by atoms with Crippen molar-refractivity contribution in [3.63, 3.8) is 0 Å². The number of benzene rings is 1. The molecule has 0 spiro atoms. The van der Waals surface area contributed by atoms with Crippen molar-refractivity contribution in [2.45, 2.75) is 13.3 Å². The highest BCUT2D eigenvalue weighted by Gasteiger charge is 2.03. The summed E-state index contributed by atoms with van der Waals surface area (Å²) >= 11 is 1.85. The SMILES string of the molecule is CCCSCCNC(=O)Nc1cccc(-c2ccn[nH]2)c1. The van der Waals surface area contributed by atoms with Gasteiger partial charge in [0, 0.05) is 29.7 Å². The summed E-state index contributed by atoms with van der Waals surface area (Å²) < 4.78 is 0. The zero-order valence-electron chi connectivity index (χ0n) is 12.1. The number of H-pyrrole nitrogens is 1. The zero-order valence-corrected chi connectivity index (χ0v) is 12.9. The molecule has 0 bridgehead atoms. The molecular formula is C15H20N4OS. The predicted octanol–water partition coefficient (Wildman–Crippen LogP) is 3.34. The van der Waals surface area contributed by atoms with E-state index in [0.29, 0.717) is 6.54 Å². The average molecular weight is 304 g/mol. The molecule has 1 aromatic carbocycles. The van der Waals surface area contributed by atoms with E-state index in [1.54, 1.807) is 6.20 Å². The number of nitrogens with zero attached hydrogens (tertiary/aromatic N) is 1. The van der Waals surface area contributed by atoms with Crippen LogP contribution in [0, 0.1) is 0 Å². The highest BCUT2D eigenvalue weighted by Crippen LogP contribution is 2.20. The van der Waals surface area contributed by atoms with Gasteiger partial charge in [-0.05, 0) is 30.4 Å². The van der Waals surface area contributed by atoms with E-state index in [0.717, 1.165) is 34.9 Å². The molecule has 21 heavy (non-hydrogen) atoms. The number of aromatic amines is 1. The van der Waals surface area contributed by atoms with Crippen LogP contribution in [0.25, 0.3) is 11.3 Å². The van der Waals surface area contributed by atoms with Gasteiger partial charge < -0.3 is 10.6 Å². The Hall–Kier alpha value is -1.95. The molecule has 6 heteroatoms. The fourth-order valence-corrected chi connectivity index (χ4v) is 2.58. The van der Waals surface area contributed by atoms with Crippen LogP contribution in [-0.2, 0) is 0 Å². The van der Waals surface area contributed by atoms with E-state index in [9.17, 15) is 4.79 Å². The molecule has 0 atom stereocenters. The highest BCUT2D eigenvalue weighted by atomic mass is 32.2. The van der Waals surface area contributed by atoms with Crippen LogP contribution in [0.3, 0.4) is 0 Å². The van der Waals surface area contributed by atoms with Crippen LogP contribution >= 0.6 is 11.8 Å². The van der Waals surface area contributed by atoms with Crippen molar-refractivity contribution in [2.75, 3.05) is 23.4 Å². The number of anilines is 1. The minimum atomic E-state index is -0.172. The van der Waals surface area contributed by atoms with E-state index in [-0.39, 0.29) is 6.03 Å². The molecule has 0 saturated heterocycles. The van der Waals surface area contributed by atoms with Gasteiger partial charge >= 0.3 is 6.03 Å². The third kappa shape index (κ3) is 5.15. The van der Waals surface area contributed by atoms with E-state index in [4.69, 9.17) is 0 Å². The van der Waals surface area contributed by atoms with E-state index >= 15 is 0 Å². The molecule has 2 amide bonds. The van der Waals surface area contributed by atoms with Crippen molar-refractivity contribution in [1.82, 2.24) is 15.5 Å². The van der Waals surface area contributed by atoms with Gasteiger partial charge in [0.25, 0.3) is 0 Å². The van der Waals surface area contributed by atoms with Crippen molar-refractivity contribution in [1.29, 1.82) is 0 Å². The number of rotatable bonds is 7. The Morgan fingerprint density at radius 1 is 1.33 bits per heavy atom. The Kier molecular flexibility index (Phi) is 6.15. The Morgan fingerprint density at radius 2 is 2.24 bits per heavy atom. The van der Waals surface area contributed by atoms with E-state index in [1.807, 2.05) is 42.1 Å². The Bertz CT molecular complexity index is 557. The summed E-state index contributed by atoms with van der Waals surface area (Å²) in [5.74, 6) is 2.07. The van der Waals surface area contributed by atoms with Crippen LogP contribution in [0.5, 0.6) is 0 Å². The summed E-state index contributed by atoms with van der Waals surface area (Å²) in [5, 5.41) is 12.5. The lowest BCUT2D eigenvalue weighted by Crippen LogP contribution is -2.30. The number of hydrogen-bond donors (Lipinski definition) is 3. The van der Waals surface area contributed by atoms with Crippen LogP contribution in [0.4, 0.5) is 10.5 Å². The van der Waals surface area contributed by atoms with Gasteiger partial charge in [-0.3, -0.25) is 5.10 Å². The second-order valence-electron chi connectivity index (χ2n) is 4.54. The summed E-state index contributed by atoms with van der Waals surface area (Å²) in [4.78, 5) is 11.8. The lowest BCUT2D eigenvalue weighted by molar-refractivity contribution is 0.252. The Labute approximate surface area is 128 Å². The maximum atomic E-state index is 11.8. The minimum Gasteiger partial charge on any atom is -0.337 e. The summed E-state index contributed by atoms with van der Waals surface area (Å²) in [6.07, 6.45) is 2.87. The van der Waals surface area contributed by atoms with Crippen LogP contribution in [0.15, 0.2) is 36.5 Å². The number of thioether (sulfide) groups is 1. The number of carbonyl (C=O) groups excluding carboxylic acids is 1. The van der Waals surface area contributed by atoms with Gasteiger partial charge in [0.05, 0.1) is 5.69 Å². The molecule has 1 heterocycles. The third-order valence-electron chi connectivity index (χ3n) is 2.81. The smallest absolute Gasteiger partial charge is 0.319 e. The minimum absolute atomic E-state index is 0.172. The standard InChI is InChI=1S/C15H20N4OS/c1-2-9-21-10-8-16-15(20)18-13-5-3-4-12(11-13)14-6-7-17-19-14/h3-7,11H,2,8-10H2,1H3,(H,17,19)(H2,16,18,20). The van der Waals surface area contributed by atoms with Crippen molar-refractivity contribution < 1.29 is 4.79 Å². The van der Waals surface area contributed by atoms with Gasteiger partial charge in [-0.25, -0.2) is 4.79 Å². The monoisotopic (exact) mass is 304 g/mol. The summed E-state index contributed by atoms with van der Waals surface area (Å²) in [6.45, 7) is 2.83. The van der Waals surface area contributed by atoms with Crippen molar-refractivity contribution in [2.24, 2.45) is 0 Å². The van der Waals surface area contributed by atoms with E-state index in [2.05, 4.69) is 27.8 Å². The molecule has 2 rings (SSSR count). The second-order valence-corrected chi connectivity index (χ2v) is 5.77. The quantitative estimate of drug-likeness (QED) is 0.687. The topological polar surface area (TPSA) is 69.8 Å². The lowest BCUT2D eigenvalue weighted by Gasteiger charge is -2.08. The first-order valence-corrected chi connectivity index (χ1v) is 8.17. The van der Waals surface area contributed by atoms with Gasteiger partial charge in [-0.15, -0.1) is 0 Å². The largest absolute Gasteiger partial charge is 0.337 e. The first-order chi connectivity index (χ1) is 10.3. The molecule has 0 unspecified atom stereocenters.